The molecule has 27 heavy (non-hydrogen) atoms. The zero-order chi connectivity index (χ0) is 18.8. The summed E-state index contributed by atoms with van der Waals surface area (Å²) in [6, 6.07) is 13.0. The van der Waals surface area contributed by atoms with E-state index in [9.17, 15) is 9.59 Å². The highest BCUT2D eigenvalue weighted by atomic mass is 35.5. The molecule has 2 heterocycles. The zero-order valence-electron chi connectivity index (χ0n) is 14.7. The van der Waals surface area contributed by atoms with E-state index in [4.69, 9.17) is 11.6 Å². The molecule has 0 aliphatic heterocycles. The van der Waals surface area contributed by atoms with Gasteiger partial charge in [0.1, 0.15) is 6.54 Å². The quantitative estimate of drug-likeness (QED) is 0.628. The van der Waals surface area contributed by atoms with Crippen LogP contribution in [-0.4, -0.2) is 25.1 Å². The predicted octanol–water partition coefficient (Wildman–Crippen LogP) is 3.30. The van der Waals surface area contributed by atoms with Crippen LogP contribution in [0.4, 0.5) is 0 Å². The van der Waals surface area contributed by atoms with E-state index in [-0.39, 0.29) is 24.1 Å². The molecule has 0 amide bonds. The molecule has 7 heteroatoms. The fourth-order valence-corrected chi connectivity index (χ4v) is 3.17. The highest BCUT2D eigenvalue weighted by Crippen LogP contribution is 2.36. The lowest BCUT2D eigenvalue weighted by Gasteiger charge is -2.03. The second-order valence-electron chi connectivity index (χ2n) is 6.73. The van der Waals surface area contributed by atoms with Crippen molar-refractivity contribution in [2.75, 3.05) is 0 Å². The van der Waals surface area contributed by atoms with E-state index in [0.29, 0.717) is 23.7 Å². The zero-order valence-corrected chi connectivity index (χ0v) is 15.5. The maximum Gasteiger partial charge on any atom is 0.346 e. The molecule has 0 radical (unpaired) electrons. The van der Waals surface area contributed by atoms with Gasteiger partial charge in [0, 0.05) is 34.9 Å². The second kappa shape index (κ2) is 7.48. The molecule has 4 rings (SSSR count). The number of hydrogen-bond acceptors (Lipinski definition) is 4. The number of carbonyl (C=O) groups is 1. The van der Waals surface area contributed by atoms with Crippen molar-refractivity contribution < 1.29 is 4.79 Å². The molecular weight excluding hydrogens is 364 g/mol. The van der Waals surface area contributed by atoms with Gasteiger partial charge in [0.05, 0.1) is 0 Å². The van der Waals surface area contributed by atoms with Crippen LogP contribution in [0.2, 0.25) is 5.02 Å². The summed E-state index contributed by atoms with van der Waals surface area (Å²) in [5.74, 6) is 0.558. The topological polar surface area (TPSA) is 69.8 Å². The number of benzene rings is 1. The van der Waals surface area contributed by atoms with Gasteiger partial charge in [-0.05, 0) is 55.7 Å². The average molecular weight is 383 g/mol. The molecule has 6 nitrogen and oxygen atoms in total. The van der Waals surface area contributed by atoms with Crippen molar-refractivity contribution in [3.05, 3.63) is 69.9 Å². The monoisotopic (exact) mass is 382 g/mol. The van der Waals surface area contributed by atoms with Gasteiger partial charge in [-0.1, -0.05) is 17.7 Å². The number of ketones is 1. The van der Waals surface area contributed by atoms with Crippen LogP contribution in [0.15, 0.2) is 53.5 Å². The molecule has 2 aromatic heterocycles. The molecule has 1 saturated carbocycles. The van der Waals surface area contributed by atoms with E-state index in [1.54, 1.807) is 22.9 Å². The van der Waals surface area contributed by atoms with Gasteiger partial charge in [0.15, 0.2) is 11.6 Å². The Hall–Kier alpha value is -2.73. The molecule has 0 bridgehead atoms. The molecule has 0 saturated heterocycles. The van der Waals surface area contributed by atoms with E-state index in [2.05, 4.69) is 10.1 Å². The van der Waals surface area contributed by atoms with Gasteiger partial charge >= 0.3 is 5.69 Å². The van der Waals surface area contributed by atoms with Gasteiger partial charge in [-0.3, -0.25) is 14.3 Å². The van der Waals surface area contributed by atoms with Crippen LogP contribution in [0.25, 0.3) is 11.4 Å². The van der Waals surface area contributed by atoms with Gasteiger partial charge in [-0.15, -0.1) is 5.10 Å². The normalized spacial score (nSPS) is 13.7. The summed E-state index contributed by atoms with van der Waals surface area (Å²) in [5, 5.41) is 5.08. The number of nitrogens with zero attached hydrogens (tertiary/aromatic N) is 4. The predicted molar refractivity (Wildman–Crippen MR) is 103 cm³/mol. The Morgan fingerprint density at radius 1 is 1.15 bits per heavy atom. The van der Waals surface area contributed by atoms with Crippen LogP contribution >= 0.6 is 11.6 Å². The molecule has 1 fully saturated rings. The molecule has 1 aromatic carbocycles. The van der Waals surface area contributed by atoms with Gasteiger partial charge in [-0.2, -0.15) is 0 Å². The Balaban J connectivity index is 1.54. The lowest BCUT2D eigenvalue weighted by Crippen LogP contribution is -2.27. The number of pyridine rings is 1. The van der Waals surface area contributed by atoms with Crippen molar-refractivity contribution in [1.82, 2.24) is 19.3 Å². The van der Waals surface area contributed by atoms with E-state index in [1.807, 2.05) is 30.3 Å². The lowest BCUT2D eigenvalue weighted by atomic mass is 10.1. The highest BCUT2D eigenvalue weighted by molar-refractivity contribution is 6.30. The summed E-state index contributed by atoms with van der Waals surface area (Å²) in [4.78, 5) is 29.4. The summed E-state index contributed by atoms with van der Waals surface area (Å²) < 4.78 is 2.98. The molecule has 1 aliphatic rings. The number of hydrogen-bond donors (Lipinski definition) is 0. The van der Waals surface area contributed by atoms with Crippen LogP contribution in [-0.2, 0) is 17.8 Å². The van der Waals surface area contributed by atoms with E-state index >= 15 is 0 Å². The van der Waals surface area contributed by atoms with E-state index < -0.39 is 0 Å². The van der Waals surface area contributed by atoms with Crippen LogP contribution in [0.1, 0.15) is 31.0 Å². The summed E-state index contributed by atoms with van der Waals surface area (Å²) in [5.41, 5.74) is 1.46. The smallest absolute Gasteiger partial charge is 0.298 e. The summed E-state index contributed by atoms with van der Waals surface area (Å²) in [6.07, 6.45) is 4.51. The molecule has 138 valence electrons. The molecule has 0 spiro atoms. The third-order valence-corrected chi connectivity index (χ3v) is 4.85. The largest absolute Gasteiger partial charge is 0.346 e. The van der Waals surface area contributed by atoms with Crippen molar-refractivity contribution in [1.29, 1.82) is 0 Å². The molecular formula is C20H19ClN4O2. The van der Waals surface area contributed by atoms with Crippen LogP contribution in [0.3, 0.4) is 0 Å². The summed E-state index contributed by atoms with van der Waals surface area (Å²) in [6.45, 7) is -0.0218. The SMILES string of the molecule is O=C(CCc1ccccn1)Cn1nc(-c2ccc(Cl)cc2)n(C2CC2)c1=O. The van der Waals surface area contributed by atoms with Gasteiger partial charge < -0.3 is 0 Å². The number of rotatable bonds is 7. The molecule has 0 N–H and O–H groups in total. The Bertz CT molecular complexity index is 1000. The van der Waals surface area contributed by atoms with Gasteiger partial charge in [0.25, 0.3) is 0 Å². The van der Waals surface area contributed by atoms with Crippen molar-refractivity contribution in [3.63, 3.8) is 0 Å². The Morgan fingerprint density at radius 3 is 2.59 bits per heavy atom. The van der Waals surface area contributed by atoms with Crippen LogP contribution < -0.4 is 5.69 Å². The Kier molecular flexibility index (Phi) is 4.90. The third-order valence-electron chi connectivity index (χ3n) is 4.60. The first-order chi connectivity index (χ1) is 13.1. The van der Waals surface area contributed by atoms with Crippen molar-refractivity contribution in [3.8, 4) is 11.4 Å². The third kappa shape index (κ3) is 4.01. The maximum atomic E-state index is 12.8. The van der Waals surface area contributed by atoms with Crippen molar-refractivity contribution in [2.24, 2.45) is 0 Å². The van der Waals surface area contributed by atoms with E-state index in [0.717, 1.165) is 24.1 Å². The van der Waals surface area contributed by atoms with Crippen LogP contribution in [0, 0.1) is 0 Å². The van der Waals surface area contributed by atoms with Crippen molar-refractivity contribution in [2.45, 2.75) is 38.3 Å². The lowest BCUT2D eigenvalue weighted by molar-refractivity contribution is -0.119. The fraction of sp³-hybridized carbons (Fsp3) is 0.300. The molecule has 0 atom stereocenters. The first kappa shape index (κ1) is 17.7. The Labute approximate surface area is 161 Å². The second-order valence-corrected chi connectivity index (χ2v) is 7.17. The molecule has 1 aliphatic carbocycles. The fourth-order valence-electron chi connectivity index (χ4n) is 3.04. The minimum atomic E-state index is -0.228. The van der Waals surface area contributed by atoms with E-state index in [1.165, 1.54) is 4.68 Å². The summed E-state index contributed by atoms with van der Waals surface area (Å²) >= 11 is 5.96. The number of aromatic nitrogens is 4. The number of aryl methyl sites for hydroxylation is 1. The minimum absolute atomic E-state index is 0.0218. The maximum absolute atomic E-state index is 12.8. The Morgan fingerprint density at radius 2 is 1.93 bits per heavy atom. The molecule has 3 aromatic rings. The number of carbonyl (C=O) groups excluding carboxylic acids is 1. The highest BCUT2D eigenvalue weighted by Gasteiger charge is 2.30. The number of Topliss-reactive ketones (excluding diaryl/α,β-unsaturated/α-hetero) is 1. The summed E-state index contributed by atoms with van der Waals surface area (Å²) in [7, 11) is 0. The first-order valence-electron chi connectivity index (χ1n) is 8.99. The standard InChI is InChI=1S/C20H19ClN4O2/c21-15-6-4-14(5-7-15)19-23-24(20(27)25(19)17-9-10-17)13-18(26)11-8-16-3-1-2-12-22-16/h1-7,12,17H,8-11,13H2. The average Bonchev–Trinajstić information content (AvgIpc) is 3.46. The van der Waals surface area contributed by atoms with Gasteiger partial charge in [-0.25, -0.2) is 9.48 Å². The van der Waals surface area contributed by atoms with Crippen LogP contribution in [0.5, 0.6) is 0 Å². The molecule has 0 unspecified atom stereocenters. The van der Waals surface area contributed by atoms with Crippen molar-refractivity contribution >= 4 is 17.4 Å². The number of halogens is 1. The van der Waals surface area contributed by atoms with Gasteiger partial charge in [0.2, 0.25) is 0 Å². The minimum Gasteiger partial charge on any atom is -0.298 e. The first-order valence-corrected chi connectivity index (χ1v) is 9.36.